The maximum atomic E-state index is 5.86. The number of ether oxygens (including phenoxy) is 1. The lowest BCUT2D eigenvalue weighted by atomic mass is 10.0. The van der Waals surface area contributed by atoms with Gasteiger partial charge in [-0.3, -0.25) is 10.00 Å². The smallest absolute Gasteiger partial charge is 0.119 e. The van der Waals surface area contributed by atoms with E-state index in [9.17, 15) is 0 Å². The molecule has 4 nitrogen and oxygen atoms in total. The van der Waals surface area contributed by atoms with Crippen molar-refractivity contribution in [3.63, 3.8) is 0 Å². The second-order valence-corrected chi connectivity index (χ2v) is 6.79. The molecule has 1 aliphatic rings. The Morgan fingerprint density at radius 2 is 2.22 bits per heavy atom. The first kappa shape index (κ1) is 16.1. The van der Waals surface area contributed by atoms with Gasteiger partial charge in [0.15, 0.2) is 0 Å². The van der Waals surface area contributed by atoms with Gasteiger partial charge in [-0.1, -0.05) is 32.9 Å². The van der Waals surface area contributed by atoms with Crippen molar-refractivity contribution < 1.29 is 4.74 Å². The molecule has 0 amide bonds. The van der Waals surface area contributed by atoms with Gasteiger partial charge in [0.1, 0.15) is 5.75 Å². The molecule has 4 heteroatoms. The van der Waals surface area contributed by atoms with E-state index in [0.29, 0.717) is 5.92 Å². The molecule has 0 aliphatic carbocycles. The third-order valence-electron chi connectivity index (χ3n) is 4.24. The summed E-state index contributed by atoms with van der Waals surface area (Å²) in [5.74, 6) is 1.45. The molecule has 1 aromatic carbocycles. The molecule has 0 saturated heterocycles. The van der Waals surface area contributed by atoms with Crippen molar-refractivity contribution in [3.05, 3.63) is 35.5 Å². The van der Waals surface area contributed by atoms with E-state index in [2.05, 4.69) is 54.1 Å². The highest BCUT2D eigenvalue weighted by Gasteiger charge is 2.22. The van der Waals surface area contributed by atoms with Gasteiger partial charge in [0, 0.05) is 36.3 Å². The average Bonchev–Trinajstić information content (AvgIpc) is 2.97. The van der Waals surface area contributed by atoms with Gasteiger partial charge in [-0.05, 0) is 31.0 Å². The minimum Gasteiger partial charge on any atom is -0.493 e. The topological polar surface area (TPSA) is 41.2 Å². The Labute approximate surface area is 138 Å². The van der Waals surface area contributed by atoms with Crippen LogP contribution in [0.25, 0.3) is 11.3 Å². The molecule has 1 aliphatic heterocycles. The molecule has 0 saturated carbocycles. The van der Waals surface area contributed by atoms with Crippen LogP contribution in [0.4, 0.5) is 0 Å². The average molecular weight is 313 g/mol. The number of nitrogens with zero attached hydrogens (tertiary/aromatic N) is 2. The molecule has 2 heterocycles. The van der Waals surface area contributed by atoms with Crippen molar-refractivity contribution in [2.45, 2.75) is 40.2 Å². The number of hydrogen-bond acceptors (Lipinski definition) is 3. The van der Waals surface area contributed by atoms with E-state index < -0.39 is 0 Å². The monoisotopic (exact) mass is 313 g/mol. The predicted octanol–water partition coefficient (Wildman–Crippen LogP) is 3.88. The van der Waals surface area contributed by atoms with Crippen LogP contribution in [0.15, 0.2) is 24.3 Å². The summed E-state index contributed by atoms with van der Waals surface area (Å²) < 4.78 is 5.86. The molecule has 2 aromatic rings. The lowest BCUT2D eigenvalue weighted by Crippen LogP contribution is -2.31. The van der Waals surface area contributed by atoms with Crippen molar-refractivity contribution in [2.75, 3.05) is 19.7 Å². The highest BCUT2D eigenvalue weighted by atomic mass is 16.5. The fourth-order valence-electron chi connectivity index (χ4n) is 3.09. The summed E-state index contributed by atoms with van der Waals surface area (Å²) in [6.07, 6.45) is 2.26. The van der Waals surface area contributed by atoms with Gasteiger partial charge in [-0.25, -0.2) is 0 Å². The van der Waals surface area contributed by atoms with Crippen LogP contribution in [0.5, 0.6) is 5.75 Å². The summed E-state index contributed by atoms with van der Waals surface area (Å²) in [7, 11) is 0. The molecule has 3 rings (SSSR count). The zero-order chi connectivity index (χ0) is 16.2. The lowest BCUT2D eigenvalue weighted by Gasteiger charge is -2.26. The second-order valence-electron chi connectivity index (χ2n) is 6.79. The Morgan fingerprint density at radius 1 is 1.35 bits per heavy atom. The van der Waals surface area contributed by atoms with Crippen molar-refractivity contribution >= 4 is 0 Å². The summed E-state index contributed by atoms with van der Waals surface area (Å²) in [5.41, 5.74) is 4.87. The quantitative estimate of drug-likeness (QED) is 0.880. The van der Waals surface area contributed by atoms with E-state index in [0.717, 1.165) is 49.7 Å². The van der Waals surface area contributed by atoms with Crippen LogP contribution < -0.4 is 4.74 Å². The van der Waals surface area contributed by atoms with Crippen LogP contribution in [-0.2, 0) is 13.0 Å². The number of hydrogen-bond donors (Lipinski definition) is 1. The molecule has 1 aromatic heterocycles. The molecule has 23 heavy (non-hydrogen) atoms. The molecule has 1 N–H and O–H groups in total. The number of aromatic amines is 1. The van der Waals surface area contributed by atoms with Gasteiger partial charge in [-0.15, -0.1) is 0 Å². The molecule has 0 bridgehead atoms. The summed E-state index contributed by atoms with van der Waals surface area (Å²) in [6, 6.07) is 8.31. The zero-order valence-corrected chi connectivity index (χ0v) is 14.4. The Kier molecular flexibility index (Phi) is 5.01. The van der Waals surface area contributed by atoms with E-state index in [1.165, 1.54) is 17.7 Å². The van der Waals surface area contributed by atoms with E-state index in [1.54, 1.807) is 0 Å². The number of H-pyrrole nitrogens is 1. The summed E-state index contributed by atoms with van der Waals surface area (Å²) in [5, 5.41) is 7.83. The Hall–Kier alpha value is -1.81. The highest BCUT2D eigenvalue weighted by Crippen LogP contribution is 2.30. The Bertz CT molecular complexity index is 648. The normalized spacial score (nSPS) is 15.0. The van der Waals surface area contributed by atoms with Crippen molar-refractivity contribution in [1.82, 2.24) is 15.1 Å². The fraction of sp³-hybridized carbons (Fsp3) is 0.526. The highest BCUT2D eigenvalue weighted by molar-refractivity contribution is 5.65. The van der Waals surface area contributed by atoms with Crippen LogP contribution in [-0.4, -0.2) is 34.8 Å². The van der Waals surface area contributed by atoms with Gasteiger partial charge >= 0.3 is 0 Å². The maximum absolute atomic E-state index is 5.86. The van der Waals surface area contributed by atoms with E-state index in [1.807, 2.05) is 6.07 Å². The minimum atomic E-state index is 0.527. The first-order valence-electron chi connectivity index (χ1n) is 8.69. The van der Waals surface area contributed by atoms with Gasteiger partial charge < -0.3 is 4.74 Å². The number of benzene rings is 1. The number of fused-ring (bicyclic) bond motifs is 1. The first-order valence-corrected chi connectivity index (χ1v) is 8.69. The third kappa shape index (κ3) is 3.75. The fourth-order valence-corrected chi connectivity index (χ4v) is 3.09. The van der Waals surface area contributed by atoms with Crippen molar-refractivity contribution in [3.8, 4) is 17.0 Å². The van der Waals surface area contributed by atoms with Crippen molar-refractivity contribution in [2.24, 2.45) is 5.92 Å². The van der Waals surface area contributed by atoms with Gasteiger partial charge in [0.2, 0.25) is 0 Å². The summed E-state index contributed by atoms with van der Waals surface area (Å²) >= 11 is 0. The molecule has 0 spiro atoms. The van der Waals surface area contributed by atoms with Crippen molar-refractivity contribution in [1.29, 1.82) is 0 Å². The summed E-state index contributed by atoms with van der Waals surface area (Å²) in [6.45, 7) is 10.6. The molecular formula is C19H27N3O. The number of aromatic nitrogens is 2. The van der Waals surface area contributed by atoms with E-state index in [-0.39, 0.29) is 0 Å². The Balaban J connectivity index is 1.83. The van der Waals surface area contributed by atoms with Gasteiger partial charge in [-0.2, -0.15) is 5.10 Å². The zero-order valence-electron chi connectivity index (χ0n) is 14.4. The molecule has 0 atom stereocenters. The maximum Gasteiger partial charge on any atom is 0.119 e. The molecule has 124 valence electrons. The molecular weight excluding hydrogens is 286 g/mol. The third-order valence-corrected chi connectivity index (χ3v) is 4.24. The number of nitrogens with one attached hydrogen (secondary N) is 1. The SMILES string of the molecule is CCCN1CCc2[nH]nc(-c3cccc(OCC(C)C)c3)c2C1. The van der Waals surface area contributed by atoms with Gasteiger partial charge in [0.25, 0.3) is 0 Å². The van der Waals surface area contributed by atoms with Crippen LogP contribution in [0.3, 0.4) is 0 Å². The van der Waals surface area contributed by atoms with Crippen LogP contribution in [0, 0.1) is 5.92 Å². The molecule has 0 radical (unpaired) electrons. The largest absolute Gasteiger partial charge is 0.493 e. The Morgan fingerprint density at radius 3 is 3.00 bits per heavy atom. The number of rotatable bonds is 6. The minimum absolute atomic E-state index is 0.527. The molecule has 0 unspecified atom stereocenters. The van der Waals surface area contributed by atoms with E-state index >= 15 is 0 Å². The molecule has 0 fully saturated rings. The van der Waals surface area contributed by atoms with Gasteiger partial charge in [0.05, 0.1) is 12.3 Å². The van der Waals surface area contributed by atoms with Crippen LogP contribution in [0.2, 0.25) is 0 Å². The van der Waals surface area contributed by atoms with E-state index in [4.69, 9.17) is 4.74 Å². The second kappa shape index (κ2) is 7.18. The lowest BCUT2D eigenvalue weighted by molar-refractivity contribution is 0.254. The predicted molar refractivity (Wildman–Crippen MR) is 93.6 cm³/mol. The standard InChI is InChI=1S/C19H27N3O/c1-4-9-22-10-8-18-17(12-22)19(21-20-18)15-6-5-7-16(11-15)23-13-14(2)3/h5-7,11,14H,4,8-10,12-13H2,1-3H3,(H,20,21). The first-order chi connectivity index (χ1) is 11.2. The summed E-state index contributed by atoms with van der Waals surface area (Å²) in [4.78, 5) is 2.51. The van der Waals surface area contributed by atoms with Crippen LogP contribution in [0.1, 0.15) is 38.4 Å². The van der Waals surface area contributed by atoms with Crippen LogP contribution >= 0.6 is 0 Å².